The molecule has 27 heavy (non-hydrogen) atoms. The Kier molecular flexibility index (Phi) is 5.37. The van der Waals surface area contributed by atoms with Crippen LogP contribution in [0.2, 0.25) is 0 Å². The first kappa shape index (κ1) is 19.9. The Morgan fingerprint density at radius 1 is 1.22 bits per heavy atom. The molecule has 1 atom stereocenters. The summed E-state index contributed by atoms with van der Waals surface area (Å²) in [6.45, 7) is 7.78. The molecule has 4 rings (SSSR count). The molecule has 0 bridgehead atoms. The largest absolute Gasteiger partial charge is 0.337 e. The summed E-state index contributed by atoms with van der Waals surface area (Å²) in [6.07, 6.45) is 3.87. The fraction of sp³-hybridized carbons (Fsp3) is 0.524. The number of piperidine rings is 1. The van der Waals surface area contributed by atoms with Crippen molar-refractivity contribution in [2.45, 2.75) is 52.5 Å². The molecule has 1 aliphatic carbocycles. The first-order valence-corrected chi connectivity index (χ1v) is 9.59. The molecule has 6 heteroatoms. The molecule has 0 spiro atoms. The summed E-state index contributed by atoms with van der Waals surface area (Å²) >= 11 is 0. The second-order valence-corrected chi connectivity index (χ2v) is 8.49. The maximum atomic E-state index is 13.3. The average Bonchev–Trinajstić information content (AvgIpc) is 3.20. The van der Waals surface area contributed by atoms with E-state index in [0.717, 1.165) is 43.5 Å². The zero-order chi connectivity index (χ0) is 18.5. The summed E-state index contributed by atoms with van der Waals surface area (Å²) in [5, 5.41) is 4.77. The van der Waals surface area contributed by atoms with Gasteiger partial charge in [0.2, 0.25) is 0 Å². The number of hydrogen-bond acceptors (Lipinski definition) is 3. The average molecular weight is 389 g/mol. The van der Waals surface area contributed by atoms with Crippen molar-refractivity contribution in [3.8, 4) is 5.69 Å². The number of fused-ring (bicyclic) bond motifs is 1. The number of halogens is 1. The van der Waals surface area contributed by atoms with Crippen molar-refractivity contribution in [1.82, 2.24) is 14.7 Å². The van der Waals surface area contributed by atoms with Crippen LogP contribution in [0.3, 0.4) is 0 Å². The van der Waals surface area contributed by atoms with Crippen LogP contribution < -0.4 is 5.73 Å². The van der Waals surface area contributed by atoms with Crippen molar-refractivity contribution in [3.05, 3.63) is 46.8 Å². The normalized spacial score (nSPS) is 20.9. The number of nitrogens with zero attached hydrogens (tertiary/aromatic N) is 3. The number of amides is 1. The predicted octanol–water partition coefficient (Wildman–Crippen LogP) is 3.29. The molecule has 1 aliphatic heterocycles. The maximum Gasteiger partial charge on any atom is 0.274 e. The number of rotatable bonds is 2. The van der Waals surface area contributed by atoms with Gasteiger partial charge in [0.1, 0.15) is 0 Å². The van der Waals surface area contributed by atoms with E-state index in [9.17, 15) is 4.79 Å². The minimum atomic E-state index is -0.0589. The van der Waals surface area contributed by atoms with Crippen LogP contribution in [0.4, 0.5) is 0 Å². The Bertz CT molecular complexity index is 841. The van der Waals surface area contributed by atoms with Crippen LogP contribution in [0.5, 0.6) is 0 Å². The van der Waals surface area contributed by atoms with E-state index >= 15 is 0 Å². The number of hydrogen-bond donors (Lipinski definition) is 1. The standard InChI is InChI=1S/C21H28N4O.ClH/c1-14-7-9-15(10-8-14)25-17-6-4-5-16(17)19(23-25)20(26)24-12-11-18(22)21(2,3)13-24;/h7-10,18H,4-6,11-13,22H2,1-3H3;1H. The number of likely N-dealkylation sites (tertiary alicyclic amines) is 1. The van der Waals surface area contributed by atoms with E-state index < -0.39 is 0 Å². The highest BCUT2D eigenvalue weighted by atomic mass is 35.5. The lowest BCUT2D eigenvalue weighted by Crippen LogP contribution is -2.54. The summed E-state index contributed by atoms with van der Waals surface area (Å²) < 4.78 is 1.98. The quantitative estimate of drug-likeness (QED) is 0.858. The van der Waals surface area contributed by atoms with Gasteiger partial charge in [0.15, 0.2) is 5.69 Å². The van der Waals surface area contributed by atoms with Gasteiger partial charge in [-0.05, 0) is 50.2 Å². The molecule has 2 heterocycles. The molecule has 2 N–H and O–H groups in total. The van der Waals surface area contributed by atoms with Crippen molar-refractivity contribution in [2.75, 3.05) is 13.1 Å². The molecule has 1 unspecified atom stereocenters. The third-order valence-electron chi connectivity index (χ3n) is 6.01. The molecule has 0 radical (unpaired) electrons. The maximum absolute atomic E-state index is 13.3. The fourth-order valence-corrected chi connectivity index (χ4v) is 4.21. The SMILES string of the molecule is Cc1ccc(-n2nc(C(=O)N3CCC(N)C(C)(C)C3)c3c2CCC3)cc1.Cl. The van der Waals surface area contributed by atoms with Crippen molar-refractivity contribution in [1.29, 1.82) is 0 Å². The van der Waals surface area contributed by atoms with Gasteiger partial charge in [-0.1, -0.05) is 31.5 Å². The van der Waals surface area contributed by atoms with Crippen molar-refractivity contribution >= 4 is 18.3 Å². The van der Waals surface area contributed by atoms with Crippen LogP contribution in [0.25, 0.3) is 5.69 Å². The zero-order valence-electron chi connectivity index (χ0n) is 16.4. The number of benzene rings is 1. The topological polar surface area (TPSA) is 64.2 Å². The molecule has 0 saturated carbocycles. The summed E-state index contributed by atoms with van der Waals surface area (Å²) in [5.74, 6) is 0.0639. The Morgan fingerprint density at radius 2 is 1.93 bits per heavy atom. The van der Waals surface area contributed by atoms with E-state index in [2.05, 4.69) is 45.0 Å². The molecule has 1 aromatic carbocycles. The molecule has 1 amide bonds. The second-order valence-electron chi connectivity index (χ2n) is 8.49. The van der Waals surface area contributed by atoms with Crippen LogP contribution in [-0.2, 0) is 12.8 Å². The molecule has 1 fully saturated rings. The highest BCUT2D eigenvalue weighted by Crippen LogP contribution is 2.32. The molecular weight excluding hydrogens is 360 g/mol. The Morgan fingerprint density at radius 3 is 2.59 bits per heavy atom. The van der Waals surface area contributed by atoms with Gasteiger partial charge in [-0.25, -0.2) is 4.68 Å². The monoisotopic (exact) mass is 388 g/mol. The van der Waals surface area contributed by atoms with Gasteiger partial charge in [-0.3, -0.25) is 4.79 Å². The first-order chi connectivity index (χ1) is 12.4. The summed E-state index contributed by atoms with van der Waals surface area (Å²) in [7, 11) is 0. The predicted molar refractivity (Wildman–Crippen MR) is 110 cm³/mol. The van der Waals surface area contributed by atoms with Crippen LogP contribution in [0, 0.1) is 12.3 Å². The molecule has 1 saturated heterocycles. The van der Waals surface area contributed by atoms with E-state index in [1.165, 1.54) is 11.3 Å². The molecule has 2 aliphatic rings. The lowest BCUT2D eigenvalue weighted by Gasteiger charge is -2.42. The van der Waals surface area contributed by atoms with Gasteiger partial charge in [0.25, 0.3) is 5.91 Å². The Hall–Kier alpha value is -1.85. The Labute approximate surface area is 167 Å². The number of carbonyl (C=O) groups is 1. The van der Waals surface area contributed by atoms with Crippen molar-refractivity contribution < 1.29 is 4.79 Å². The van der Waals surface area contributed by atoms with Crippen LogP contribution in [0.15, 0.2) is 24.3 Å². The number of nitrogens with two attached hydrogens (primary N) is 1. The van der Waals surface area contributed by atoms with E-state index in [1.54, 1.807) is 0 Å². The highest BCUT2D eigenvalue weighted by molar-refractivity contribution is 5.94. The molecular formula is C21H29ClN4O. The van der Waals surface area contributed by atoms with E-state index in [-0.39, 0.29) is 29.8 Å². The summed E-state index contributed by atoms with van der Waals surface area (Å²) in [5.41, 5.74) is 11.4. The fourth-order valence-electron chi connectivity index (χ4n) is 4.21. The lowest BCUT2D eigenvalue weighted by molar-refractivity contribution is 0.0526. The van der Waals surface area contributed by atoms with Gasteiger partial charge in [0, 0.05) is 30.4 Å². The third-order valence-corrected chi connectivity index (χ3v) is 6.01. The molecule has 5 nitrogen and oxygen atoms in total. The molecule has 1 aromatic heterocycles. The number of aryl methyl sites for hydroxylation is 1. The van der Waals surface area contributed by atoms with Gasteiger partial charge in [0.05, 0.1) is 5.69 Å². The van der Waals surface area contributed by atoms with Crippen LogP contribution in [0.1, 0.15) is 54.0 Å². The van der Waals surface area contributed by atoms with Crippen molar-refractivity contribution in [2.24, 2.45) is 11.1 Å². The van der Waals surface area contributed by atoms with Gasteiger partial charge in [-0.15, -0.1) is 12.4 Å². The smallest absolute Gasteiger partial charge is 0.274 e. The number of aromatic nitrogens is 2. The van der Waals surface area contributed by atoms with Gasteiger partial charge in [-0.2, -0.15) is 5.10 Å². The summed E-state index contributed by atoms with van der Waals surface area (Å²) in [4.78, 5) is 15.2. The minimum Gasteiger partial charge on any atom is -0.337 e. The molecule has 2 aromatic rings. The van der Waals surface area contributed by atoms with Crippen LogP contribution >= 0.6 is 12.4 Å². The van der Waals surface area contributed by atoms with Gasteiger partial charge < -0.3 is 10.6 Å². The highest BCUT2D eigenvalue weighted by Gasteiger charge is 2.37. The summed E-state index contributed by atoms with van der Waals surface area (Å²) in [6, 6.07) is 8.49. The lowest BCUT2D eigenvalue weighted by atomic mass is 9.79. The van der Waals surface area contributed by atoms with E-state index in [0.29, 0.717) is 12.2 Å². The minimum absolute atomic E-state index is 0. The zero-order valence-corrected chi connectivity index (χ0v) is 17.2. The Balaban J connectivity index is 0.00000210. The second kappa shape index (κ2) is 7.28. The number of carbonyl (C=O) groups excluding carboxylic acids is 1. The first-order valence-electron chi connectivity index (χ1n) is 9.59. The third kappa shape index (κ3) is 3.50. The van der Waals surface area contributed by atoms with Crippen molar-refractivity contribution in [3.63, 3.8) is 0 Å². The van der Waals surface area contributed by atoms with Gasteiger partial charge >= 0.3 is 0 Å². The van der Waals surface area contributed by atoms with Crippen LogP contribution in [-0.4, -0.2) is 39.7 Å². The van der Waals surface area contributed by atoms with E-state index in [1.807, 2.05) is 9.58 Å². The van der Waals surface area contributed by atoms with E-state index in [4.69, 9.17) is 10.8 Å². The molecule has 146 valence electrons.